The van der Waals surface area contributed by atoms with E-state index in [0.717, 1.165) is 6.42 Å². The lowest BCUT2D eigenvalue weighted by molar-refractivity contribution is -0.891. The van der Waals surface area contributed by atoms with Gasteiger partial charge in [-0.15, -0.1) is 0 Å². The molecule has 11 nitrogen and oxygen atoms in total. The molecule has 0 spiro atoms. The molecule has 0 radical (unpaired) electrons. The van der Waals surface area contributed by atoms with Crippen molar-refractivity contribution in [3.05, 3.63) is 168 Å². The minimum Gasteiger partial charge on any atom is -0.871 e. The van der Waals surface area contributed by atoms with Crippen LogP contribution in [-0.2, 0) is 10.1 Å². The first-order valence-corrected chi connectivity index (χ1v) is 16.1. The summed E-state index contributed by atoms with van der Waals surface area (Å²) in [6.45, 7) is 4.84. The fourth-order valence-corrected chi connectivity index (χ4v) is 5.24. The number of hydrogen-bond donors (Lipinski definition) is 2. The van der Waals surface area contributed by atoms with Crippen LogP contribution in [0.1, 0.15) is 64.1 Å². The number of carboxylic acids is 2. The summed E-state index contributed by atoms with van der Waals surface area (Å²) < 4.78 is 7.49. The zero-order chi connectivity index (χ0) is 36.2. The molecule has 0 aliphatic rings. The first-order valence-electron chi connectivity index (χ1n) is 16.1. The summed E-state index contributed by atoms with van der Waals surface area (Å²) >= 11 is 0. The molecule has 3 aromatic carbocycles. The summed E-state index contributed by atoms with van der Waals surface area (Å²) in [5.41, 5.74) is 3.60. The first kappa shape index (κ1) is 38.9. The Kier molecular flexibility index (Phi) is 16.1. The van der Waals surface area contributed by atoms with Crippen LogP contribution in [0.2, 0.25) is 0 Å². The van der Waals surface area contributed by atoms with E-state index in [1.807, 2.05) is 68.4 Å². The minimum atomic E-state index is -2.23. The van der Waals surface area contributed by atoms with E-state index in [9.17, 15) is 19.6 Å². The fourth-order valence-electron chi connectivity index (χ4n) is 5.24. The Morgan fingerprint density at radius 3 is 1.34 bits per heavy atom. The van der Waals surface area contributed by atoms with E-state index in [2.05, 4.69) is 36.4 Å². The van der Waals surface area contributed by atoms with E-state index in [1.165, 1.54) is 50.7 Å². The number of rotatable bonds is 14. The van der Waals surface area contributed by atoms with E-state index in [-0.39, 0.29) is 23.1 Å². The minimum absolute atomic E-state index is 0.159. The molecule has 2 N–H and O–H groups in total. The highest BCUT2D eigenvalue weighted by atomic mass is 16.7. The van der Waals surface area contributed by atoms with Gasteiger partial charge in [-0.3, -0.25) is 9.68 Å². The van der Waals surface area contributed by atoms with Crippen LogP contribution in [0.5, 0.6) is 0 Å². The monoisotopic (exact) mass is 680 g/mol. The maximum atomic E-state index is 10.7. The van der Waals surface area contributed by atoms with Crippen molar-refractivity contribution in [2.24, 2.45) is 0 Å². The Morgan fingerprint density at radius 1 is 0.640 bits per heavy atom. The summed E-state index contributed by atoms with van der Waals surface area (Å²) in [6, 6.07) is 37.3. The van der Waals surface area contributed by atoms with Gasteiger partial charge in [-0.2, -0.15) is 0 Å². The Bertz CT molecular complexity index is 1570. The van der Waals surface area contributed by atoms with Gasteiger partial charge in [0.15, 0.2) is 13.2 Å². The predicted octanol–water partition coefficient (Wildman–Crippen LogP) is 2.76. The molecule has 5 rings (SSSR count). The molecule has 2 heterocycles. The molecule has 0 fully saturated rings. The van der Waals surface area contributed by atoms with Gasteiger partial charge in [-0.25, -0.2) is 9.59 Å². The average Bonchev–Trinajstić information content (AvgIpc) is 3.14. The molecule has 0 saturated heterocycles. The lowest BCUT2D eigenvalue weighted by Crippen LogP contribution is -2.48. The summed E-state index contributed by atoms with van der Waals surface area (Å²) in [7, 11) is -2.23. The van der Waals surface area contributed by atoms with Gasteiger partial charge in [-0.05, 0) is 55.5 Å². The normalized spacial score (nSPS) is 10.4. The highest BCUT2D eigenvalue weighted by molar-refractivity contribution is 6.28. The quantitative estimate of drug-likeness (QED) is 0.0780. The number of carbonyl (C=O) groups is 2. The molecular weight excluding hydrogens is 639 g/mol. The zero-order valence-electron chi connectivity index (χ0n) is 28.0. The zero-order valence-corrected chi connectivity index (χ0v) is 28.0. The second kappa shape index (κ2) is 20.7. The van der Waals surface area contributed by atoms with Crippen LogP contribution in [0.15, 0.2) is 140 Å². The van der Waals surface area contributed by atoms with Gasteiger partial charge in [0.05, 0.1) is 7.32 Å². The maximum Gasteiger partial charge on any atom is 0.341 e. The molecule has 2 aromatic heterocycles. The van der Waals surface area contributed by atoms with Crippen LogP contribution in [0.3, 0.4) is 0 Å². The molecule has 0 saturated carbocycles. The van der Waals surface area contributed by atoms with Crippen LogP contribution in [-0.4, -0.2) is 49.3 Å². The van der Waals surface area contributed by atoms with Crippen LogP contribution in [0.25, 0.3) is 0 Å². The second-order valence-electron chi connectivity index (χ2n) is 10.6. The Labute approximate surface area is 292 Å². The summed E-state index contributed by atoms with van der Waals surface area (Å²) in [6.07, 6.45) is 7.49. The van der Waals surface area contributed by atoms with E-state index in [0.29, 0.717) is 19.6 Å². The average molecular weight is 681 g/mol. The lowest BCUT2D eigenvalue weighted by atomic mass is 9.67. The van der Waals surface area contributed by atoms with Gasteiger partial charge in [0, 0.05) is 33.6 Å². The Balaban J connectivity index is 0.000000234. The van der Waals surface area contributed by atoms with Gasteiger partial charge >= 0.3 is 11.9 Å². The highest BCUT2D eigenvalue weighted by Gasteiger charge is 2.35. The van der Waals surface area contributed by atoms with Gasteiger partial charge in [0.1, 0.15) is 11.1 Å². The number of pyridine rings is 2. The third-order valence-corrected chi connectivity index (χ3v) is 7.35. The predicted molar refractivity (Wildman–Crippen MR) is 182 cm³/mol. The van der Waals surface area contributed by atoms with Crippen LogP contribution >= 0.6 is 0 Å². The van der Waals surface area contributed by atoms with Crippen molar-refractivity contribution in [1.29, 1.82) is 0 Å². The number of aromatic carboxylic acids is 2. The molecule has 12 heteroatoms. The first-order chi connectivity index (χ1) is 24.2. The molecule has 260 valence electrons. The van der Waals surface area contributed by atoms with Crippen molar-refractivity contribution in [2.45, 2.75) is 32.1 Å². The van der Waals surface area contributed by atoms with Crippen LogP contribution in [0, 0.1) is 0 Å². The molecular formula is C38H41BN2O9. The number of aromatic nitrogens is 2. The van der Waals surface area contributed by atoms with Gasteiger partial charge in [0.25, 0.3) is 0 Å². The largest absolute Gasteiger partial charge is 0.871 e. The number of hydrogen-bond acceptors (Lipinski definition) is 7. The van der Waals surface area contributed by atoms with Crippen molar-refractivity contribution in [3.8, 4) is 0 Å². The van der Waals surface area contributed by atoms with Crippen molar-refractivity contribution in [3.63, 3.8) is 0 Å². The third kappa shape index (κ3) is 11.8. The van der Waals surface area contributed by atoms with Gasteiger partial charge < -0.3 is 24.9 Å². The van der Waals surface area contributed by atoms with Crippen LogP contribution < -0.4 is 29.2 Å². The fraction of sp³-hybridized carbons (Fsp3) is 0.211. The van der Waals surface area contributed by atoms with E-state index < -0.39 is 19.3 Å². The van der Waals surface area contributed by atoms with E-state index in [1.54, 1.807) is 24.5 Å². The molecule has 0 atom stereocenters. The molecule has 50 heavy (non-hydrogen) atoms. The highest BCUT2D eigenvalue weighted by Crippen LogP contribution is 2.42. The molecule has 0 aliphatic carbocycles. The molecule has 5 aromatic rings. The van der Waals surface area contributed by atoms with E-state index in [4.69, 9.17) is 24.5 Å². The Hall–Kier alpha value is -5.56. The second-order valence-corrected chi connectivity index (χ2v) is 10.6. The van der Waals surface area contributed by atoms with Crippen molar-refractivity contribution >= 4 is 19.3 Å². The Morgan fingerprint density at radius 2 is 1.02 bits per heavy atom. The SMILES string of the molecule is CCO[n+]1cccc(C(=O)O)c1.CCO[n+]1cccc(C(=O)O)c1.[O-]B([O-])OCCCC(c1ccccc1)(c1ccccc1)c1ccccc1. The molecule has 0 amide bonds. The van der Waals surface area contributed by atoms with E-state index >= 15 is 0 Å². The van der Waals surface area contributed by atoms with Gasteiger partial charge in [-0.1, -0.05) is 91.0 Å². The maximum absolute atomic E-state index is 10.7. The number of nitrogens with zero attached hydrogens (tertiary/aromatic N) is 2. The topological polar surface area (TPSA) is 156 Å². The third-order valence-electron chi connectivity index (χ3n) is 7.35. The standard InChI is InChI=1S/C22H21BO3.2C8H9NO3/c24-23(25)26-18-10-17-22(19-11-4-1-5-12-19,20-13-6-2-7-14-20)21-15-8-3-9-16-21;2*1-2-12-9-5-3-4-7(6-9)8(10)11/h1-9,11-16H,10,17-18H2;2*3-6H,2H2,1H3/q-2;;/p+2. The summed E-state index contributed by atoms with van der Waals surface area (Å²) in [5.74, 6) is -1.91. The van der Waals surface area contributed by atoms with Crippen molar-refractivity contribution < 1.29 is 53.6 Å². The lowest BCUT2D eigenvalue weighted by Gasteiger charge is -2.37. The number of carboxylic acid groups (broad SMARTS) is 2. The van der Waals surface area contributed by atoms with Crippen LogP contribution in [0.4, 0.5) is 0 Å². The van der Waals surface area contributed by atoms with Crippen molar-refractivity contribution in [1.82, 2.24) is 0 Å². The molecule has 0 bridgehead atoms. The molecule has 0 aliphatic heterocycles. The summed E-state index contributed by atoms with van der Waals surface area (Å²) in [5, 5.41) is 38.6. The number of benzene rings is 3. The van der Waals surface area contributed by atoms with Gasteiger partial charge in [0.2, 0.25) is 24.8 Å². The van der Waals surface area contributed by atoms with Crippen molar-refractivity contribution in [2.75, 3.05) is 19.8 Å². The molecule has 0 unspecified atom stereocenters. The summed E-state index contributed by atoms with van der Waals surface area (Å²) in [4.78, 5) is 31.1. The smallest absolute Gasteiger partial charge is 0.341 e.